The Bertz CT molecular complexity index is 695. The summed E-state index contributed by atoms with van der Waals surface area (Å²) >= 11 is 6.14. The van der Waals surface area contributed by atoms with Crippen molar-refractivity contribution < 1.29 is 19.1 Å². The largest absolute Gasteiger partial charge is 0.465 e. The number of benzene rings is 1. The minimum absolute atomic E-state index is 0.126. The molecule has 1 aromatic rings. The van der Waals surface area contributed by atoms with E-state index in [0.717, 1.165) is 12.8 Å². The first kappa shape index (κ1) is 20.2. The van der Waals surface area contributed by atoms with Crippen LogP contribution in [0.1, 0.15) is 49.9 Å². The topological polar surface area (TPSA) is 75.7 Å². The number of rotatable bonds is 8. The van der Waals surface area contributed by atoms with E-state index in [1.54, 1.807) is 4.90 Å². The first-order valence-corrected chi connectivity index (χ1v) is 9.26. The van der Waals surface area contributed by atoms with Gasteiger partial charge in [0.05, 0.1) is 23.4 Å². The minimum atomic E-state index is -1.02. The van der Waals surface area contributed by atoms with E-state index in [4.69, 9.17) is 11.6 Å². The van der Waals surface area contributed by atoms with E-state index in [2.05, 4.69) is 10.1 Å². The zero-order valence-electron chi connectivity index (χ0n) is 15.4. The standard InChI is InChI=1S/C19H25ClN2O4/c1-4-10-22(11-5-2)18(25)19(8-9-19)17(24)21-15-12-13(16(23)26-3)6-7-14(15)20/h6-7,12H,4-5,8-11H2,1-3H3,(H,21,24). The van der Waals surface area contributed by atoms with Gasteiger partial charge in [0.25, 0.3) is 0 Å². The van der Waals surface area contributed by atoms with Crippen molar-refractivity contribution in [3.05, 3.63) is 28.8 Å². The maximum absolute atomic E-state index is 12.9. The van der Waals surface area contributed by atoms with E-state index < -0.39 is 11.4 Å². The molecule has 0 aliphatic heterocycles. The molecule has 2 amide bonds. The second-order valence-corrected chi connectivity index (χ2v) is 6.92. The quantitative estimate of drug-likeness (QED) is 0.553. The maximum atomic E-state index is 12.9. The zero-order valence-corrected chi connectivity index (χ0v) is 16.2. The van der Waals surface area contributed by atoms with E-state index in [9.17, 15) is 14.4 Å². The number of amides is 2. The van der Waals surface area contributed by atoms with Gasteiger partial charge in [-0.1, -0.05) is 25.4 Å². The van der Waals surface area contributed by atoms with Gasteiger partial charge in [0.15, 0.2) is 0 Å². The van der Waals surface area contributed by atoms with Crippen molar-refractivity contribution in [3.8, 4) is 0 Å². The Balaban J connectivity index is 2.19. The lowest BCUT2D eigenvalue weighted by atomic mass is 10.0. The molecule has 1 aliphatic rings. The van der Waals surface area contributed by atoms with E-state index in [1.165, 1.54) is 25.3 Å². The SMILES string of the molecule is CCCN(CCC)C(=O)C1(C(=O)Nc2cc(C(=O)OC)ccc2Cl)CC1. The van der Waals surface area contributed by atoms with Crippen LogP contribution in [0.3, 0.4) is 0 Å². The number of nitrogens with one attached hydrogen (secondary N) is 1. The fraction of sp³-hybridized carbons (Fsp3) is 0.526. The van der Waals surface area contributed by atoms with Crippen molar-refractivity contribution in [1.29, 1.82) is 0 Å². The lowest BCUT2D eigenvalue weighted by Crippen LogP contribution is -2.43. The number of halogens is 1. The third kappa shape index (κ3) is 4.18. The molecule has 0 heterocycles. The lowest BCUT2D eigenvalue weighted by Gasteiger charge is -2.26. The molecule has 1 aromatic carbocycles. The summed E-state index contributed by atoms with van der Waals surface area (Å²) in [4.78, 5) is 39.2. The summed E-state index contributed by atoms with van der Waals surface area (Å²) in [6, 6.07) is 4.50. The van der Waals surface area contributed by atoms with Gasteiger partial charge in [0.2, 0.25) is 11.8 Å². The maximum Gasteiger partial charge on any atom is 0.337 e. The highest BCUT2D eigenvalue weighted by Crippen LogP contribution is 2.48. The molecule has 6 nitrogen and oxygen atoms in total. The molecule has 1 fully saturated rings. The molecular formula is C19H25ClN2O4. The summed E-state index contributed by atoms with van der Waals surface area (Å²) in [5.41, 5.74) is -0.437. The van der Waals surface area contributed by atoms with Crippen LogP contribution in [-0.2, 0) is 14.3 Å². The van der Waals surface area contributed by atoms with Crippen molar-refractivity contribution >= 4 is 35.1 Å². The Morgan fingerprint density at radius 3 is 2.31 bits per heavy atom. The molecule has 0 radical (unpaired) electrons. The molecule has 0 spiro atoms. The summed E-state index contributed by atoms with van der Waals surface area (Å²) in [7, 11) is 1.28. The molecule has 0 bridgehead atoms. The van der Waals surface area contributed by atoms with Crippen molar-refractivity contribution in [3.63, 3.8) is 0 Å². The summed E-state index contributed by atoms with van der Waals surface area (Å²) in [6.07, 6.45) is 2.73. The number of hydrogen-bond donors (Lipinski definition) is 1. The van der Waals surface area contributed by atoms with Crippen LogP contribution in [0.2, 0.25) is 5.02 Å². The molecule has 2 rings (SSSR count). The minimum Gasteiger partial charge on any atom is -0.465 e. The van der Waals surface area contributed by atoms with E-state index >= 15 is 0 Å². The normalized spacial score (nSPS) is 14.5. The fourth-order valence-electron chi connectivity index (χ4n) is 2.93. The van der Waals surface area contributed by atoms with Crippen molar-refractivity contribution in [2.75, 3.05) is 25.5 Å². The van der Waals surface area contributed by atoms with Gasteiger partial charge in [-0.15, -0.1) is 0 Å². The van der Waals surface area contributed by atoms with Gasteiger partial charge in [0.1, 0.15) is 5.41 Å². The monoisotopic (exact) mass is 380 g/mol. The van der Waals surface area contributed by atoms with Crippen LogP contribution in [-0.4, -0.2) is 42.9 Å². The van der Waals surface area contributed by atoms with Gasteiger partial charge in [-0.05, 0) is 43.9 Å². The Kier molecular flexibility index (Phi) is 6.64. The summed E-state index contributed by atoms with van der Waals surface area (Å²) < 4.78 is 4.68. The predicted octanol–water partition coefficient (Wildman–Crippen LogP) is 3.49. The van der Waals surface area contributed by atoms with E-state index in [0.29, 0.717) is 36.6 Å². The first-order valence-electron chi connectivity index (χ1n) is 8.88. The molecule has 0 saturated heterocycles. The third-order valence-corrected chi connectivity index (χ3v) is 4.83. The lowest BCUT2D eigenvalue weighted by molar-refractivity contribution is -0.142. The fourth-order valence-corrected chi connectivity index (χ4v) is 3.09. The summed E-state index contributed by atoms with van der Waals surface area (Å²) in [6.45, 7) is 5.29. The number of carbonyl (C=O) groups excluding carboxylic acids is 3. The first-order chi connectivity index (χ1) is 12.4. The van der Waals surface area contributed by atoms with Crippen LogP contribution < -0.4 is 5.32 Å². The molecule has 1 aliphatic carbocycles. The van der Waals surface area contributed by atoms with Gasteiger partial charge in [0, 0.05) is 13.1 Å². The highest BCUT2D eigenvalue weighted by atomic mass is 35.5. The Morgan fingerprint density at radius 1 is 1.19 bits per heavy atom. The number of anilines is 1. The number of esters is 1. The molecule has 26 heavy (non-hydrogen) atoms. The smallest absolute Gasteiger partial charge is 0.337 e. The molecule has 7 heteroatoms. The number of nitrogens with zero attached hydrogens (tertiary/aromatic N) is 1. The second kappa shape index (κ2) is 8.54. The number of ether oxygens (including phenoxy) is 1. The summed E-state index contributed by atoms with van der Waals surface area (Å²) in [5, 5.41) is 3.03. The number of hydrogen-bond acceptors (Lipinski definition) is 4. The van der Waals surface area contributed by atoms with Crippen LogP contribution in [0.5, 0.6) is 0 Å². The van der Waals surface area contributed by atoms with Crippen LogP contribution >= 0.6 is 11.6 Å². The van der Waals surface area contributed by atoms with Gasteiger partial charge < -0.3 is 15.0 Å². The Morgan fingerprint density at radius 2 is 1.81 bits per heavy atom. The molecule has 142 valence electrons. The molecule has 1 saturated carbocycles. The number of methoxy groups -OCH3 is 1. The molecule has 0 unspecified atom stereocenters. The molecule has 0 aromatic heterocycles. The van der Waals surface area contributed by atoms with Crippen molar-refractivity contribution in [2.24, 2.45) is 5.41 Å². The average Bonchev–Trinajstić information content (AvgIpc) is 3.44. The van der Waals surface area contributed by atoms with Gasteiger partial charge in [-0.3, -0.25) is 9.59 Å². The summed E-state index contributed by atoms with van der Waals surface area (Å²) in [5.74, 6) is -1.02. The van der Waals surface area contributed by atoms with Gasteiger partial charge >= 0.3 is 5.97 Å². The third-order valence-electron chi connectivity index (χ3n) is 4.50. The van der Waals surface area contributed by atoms with Gasteiger partial charge in [-0.25, -0.2) is 4.79 Å². The molecular weight excluding hydrogens is 356 g/mol. The van der Waals surface area contributed by atoms with Crippen molar-refractivity contribution in [1.82, 2.24) is 4.90 Å². The number of carbonyl (C=O) groups is 3. The van der Waals surface area contributed by atoms with Crippen LogP contribution in [0.4, 0.5) is 5.69 Å². The van der Waals surface area contributed by atoms with E-state index in [1.807, 2.05) is 13.8 Å². The highest BCUT2D eigenvalue weighted by Gasteiger charge is 2.57. The predicted molar refractivity (Wildman–Crippen MR) is 100 cm³/mol. The van der Waals surface area contributed by atoms with E-state index in [-0.39, 0.29) is 17.4 Å². The Labute approximate surface area is 158 Å². The second-order valence-electron chi connectivity index (χ2n) is 6.51. The molecule has 0 atom stereocenters. The van der Waals surface area contributed by atoms with Gasteiger partial charge in [-0.2, -0.15) is 0 Å². The highest BCUT2D eigenvalue weighted by molar-refractivity contribution is 6.34. The van der Waals surface area contributed by atoms with Crippen LogP contribution in [0, 0.1) is 5.41 Å². The van der Waals surface area contributed by atoms with Crippen LogP contribution in [0.15, 0.2) is 18.2 Å². The molecule has 1 N–H and O–H groups in total. The van der Waals surface area contributed by atoms with Crippen LogP contribution in [0.25, 0.3) is 0 Å². The Hall–Kier alpha value is -2.08. The zero-order chi connectivity index (χ0) is 19.3. The van der Waals surface area contributed by atoms with Crippen molar-refractivity contribution in [2.45, 2.75) is 39.5 Å². The average molecular weight is 381 g/mol.